The number of rotatable bonds is 2. The van der Waals surface area contributed by atoms with Crippen LogP contribution in [-0.4, -0.2) is 24.6 Å². The van der Waals surface area contributed by atoms with Crippen molar-refractivity contribution in [2.45, 2.75) is 19.4 Å². The zero-order valence-electron chi connectivity index (χ0n) is 9.36. The smallest absolute Gasteiger partial charge is 0.0387 e. The highest BCUT2D eigenvalue weighted by Crippen LogP contribution is 2.27. The molecule has 1 saturated heterocycles. The average Bonchev–Trinajstić information content (AvgIpc) is 2.74. The van der Waals surface area contributed by atoms with Gasteiger partial charge in [-0.3, -0.25) is 0 Å². The normalized spacial score (nSPS) is 20.5. The summed E-state index contributed by atoms with van der Waals surface area (Å²) in [5.74, 6) is 2.53. The Kier molecular flexibility index (Phi) is 3.10. The van der Waals surface area contributed by atoms with Crippen LogP contribution in [-0.2, 0) is 0 Å². The quantitative estimate of drug-likeness (QED) is 0.780. The fourth-order valence-corrected chi connectivity index (χ4v) is 3.15. The lowest BCUT2D eigenvalue weighted by Gasteiger charge is -2.26. The number of hydrogen-bond donors (Lipinski definition) is 1. The van der Waals surface area contributed by atoms with Gasteiger partial charge in [-0.1, -0.05) is 6.07 Å². The van der Waals surface area contributed by atoms with E-state index in [4.69, 9.17) is 5.73 Å². The van der Waals surface area contributed by atoms with Crippen LogP contribution in [0.2, 0.25) is 0 Å². The average molecular weight is 222 g/mol. The summed E-state index contributed by atoms with van der Waals surface area (Å²) < 4.78 is 0. The fraction of sp³-hybridized carbons (Fsp3) is 0.500. The molecule has 0 spiro atoms. The number of hydrogen-bond acceptors (Lipinski definition) is 3. The molecule has 1 atom stereocenters. The van der Waals surface area contributed by atoms with Gasteiger partial charge in [0.2, 0.25) is 0 Å². The minimum Gasteiger partial charge on any atom is -0.398 e. The molecular weight excluding hydrogens is 204 g/mol. The summed E-state index contributed by atoms with van der Waals surface area (Å²) in [5.41, 5.74) is 9.22. The van der Waals surface area contributed by atoms with E-state index in [1.165, 1.54) is 23.6 Å². The molecule has 0 saturated carbocycles. The third-order valence-electron chi connectivity index (χ3n) is 3.12. The maximum atomic E-state index is 5.93. The molecule has 3 heteroatoms. The first-order chi connectivity index (χ1) is 7.18. The Morgan fingerprint density at radius 1 is 1.47 bits per heavy atom. The summed E-state index contributed by atoms with van der Waals surface area (Å²) in [5, 5.41) is 0. The zero-order chi connectivity index (χ0) is 10.8. The van der Waals surface area contributed by atoms with E-state index < -0.39 is 0 Å². The molecule has 2 N–H and O–H groups in total. The lowest BCUT2D eigenvalue weighted by molar-refractivity contribution is 0.700. The maximum Gasteiger partial charge on any atom is 0.0387 e. The Hall–Kier alpha value is -0.830. The molecule has 15 heavy (non-hydrogen) atoms. The molecule has 82 valence electrons. The van der Waals surface area contributed by atoms with Crippen molar-refractivity contribution in [3.8, 4) is 0 Å². The molecule has 2 rings (SSSR count). The van der Waals surface area contributed by atoms with Crippen molar-refractivity contribution in [1.29, 1.82) is 0 Å². The zero-order valence-corrected chi connectivity index (χ0v) is 10.2. The van der Waals surface area contributed by atoms with Crippen LogP contribution in [0.1, 0.15) is 12.0 Å². The van der Waals surface area contributed by atoms with Crippen molar-refractivity contribution in [2.24, 2.45) is 0 Å². The molecule has 0 aromatic heterocycles. The van der Waals surface area contributed by atoms with E-state index in [2.05, 4.69) is 30.1 Å². The number of nitrogen functional groups attached to an aromatic ring is 1. The Balaban J connectivity index is 2.17. The van der Waals surface area contributed by atoms with E-state index in [0.717, 1.165) is 11.3 Å². The fourth-order valence-electron chi connectivity index (χ4n) is 1.89. The molecule has 2 nitrogen and oxygen atoms in total. The van der Waals surface area contributed by atoms with Gasteiger partial charge in [-0.25, -0.2) is 0 Å². The second-order valence-corrected chi connectivity index (χ2v) is 5.32. The first kappa shape index (κ1) is 10.7. The summed E-state index contributed by atoms with van der Waals surface area (Å²) in [6.07, 6.45) is 1.29. The molecule has 0 amide bonds. The topological polar surface area (TPSA) is 29.3 Å². The second kappa shape index (κ2) is 4.35. The van der Waals surface area contributed by atoms with Gasteiger partial charge in [0.15, 0.2) is 0 Å². The number of aryl methyl sites for hydroxylation is 1. The van der Waals surface area contributed by atoms with Crippen molar-refractivity contribution < 1.29 is 0 Å². The van der Waals surface area contributed by atoms with Crippen molar-refractivity contribution in [3.63, 3.8) is 0 Å². The SMILES string of the molecule is Cc1ccc(N(C)C2CCSC2)cc1N. The Morgan fingerprint density at radius 2 is 2.27 bits per heavy atom. The molecule has 1 heterocycles. The molecule has 0 bridgehead atoms. The second-order valence-electron chi connectivity index (χ2n) is 4.17. The van der Waals surface area contributed by atoms with Gasteiger partial charge in [-0.2, -0.15) is 11.8 Å². The van der Waals surface area contributed by atoms with E-state index in [9.17, 15) is 0 Å². The lowest BCUT2D eigenvalue weighted by atomic mass is 10.1. The lowest BCUT2D eigenvalue weighted by Crippen LogP contribution is -2.31. The Morgan fingerprint density at radius 3 is 2.87 bits per heavy atom. The van der Waals surface area contributed by atoms with Crippen molar-refractivity contribution in [3.05, 3.63) is 23.8 Å². The van der Waals surface area contributed by atoms with Gasteiger partial charge in [-0.05, 0) is 36.8 Å². The molecule has 1 fully saturated rings. The van der Waals surface area contributed by atoms with Gasteiger partial charge in [-0.15, -0.1) is 0 Å². The van der Waals surface area contributed by atoms with Gasteiger partial charge in [0.25, 0.3) is 0 Å². The number of anilines is 2. The molecule has 1 aliphatic rings. The van der Waals surface area contributed by atoms with Gasteiger partial charge in [0.1, 0.15) is 0 Å². The number of thioether (sulfide) groups is 1. The van der Waals surface area contributed by atoms with Crippen LogP contribution in [0.3, 0.4) is 0 Å². The molecule has 0 radical (unpaired) electrons. The van der Waals surface area contributed by atoms with Crippen LogP contribution >= 0.6 is 11.8 Å². The van der Waals surface area contributed by atoms with E-state index in [-0.39, 0.29) is 0 Å². The van der Waals surface area contributed by atoms with Gasteiger partial charge < -0.3 is 10.6 Å². The van der Waals surface area contributed by atoms with Crippen LogP contribution in [0.5, 0.6) is 0 Å². The largest absolute Gasteiger partial charge is 0.398 e. The minimum atomic E-state index is 0.678. The third kappa shape index (κ3) is 2.23. The van der Waals surface area contributed by atoms with Crippen molar-refractivity contribution in [2.75, 3.05) is 29.2 Å². The highest BCUT2D eigenvalue weighted by atomic mass is 32.2. The highest BCUT2D eigenvalue weighted by Gasteiger charge is 2.20. The molecule has 1 unspecified atom stereocenters. The minimum absolute atomic E-state index is 0.678. The summed E-state index contributed by atoms with van der Waals surface area (Å²) >= 11 is 2.04. The van der Waals surface area contributed by atoms with Crippen molar-refractivity contribution in [1.82, 2.24) is 0 Å². The predicted octanol–water partition coefficient (Wildman–Crippen LogP) is 2.52. The van der Waals surface area contributed by atoms with E-state index in [1.54, 1.807) is 0 Å². The summed E-state index contributed by atoms with van der Waals surface area (Å²) in [6.45, 7) is 2.05. The molecule has 0 aliphatic carbocycles. The Labute approximate surface area is 95.8 Å². The number of nitrogens with two attached hydrogens (primary N) is 1. The van der Waals surface area contributed by atoms with Gasteiger partial charge >= 0.3 is 0 Å². The predicted molar refractivity (Wildman–Crippen MR) is 69.7 cm³/mol. The molecule has 1 aromatic rings. The van der Waals surface area contributed by atoms with Gasteiger partial charge in [0.05, 0.1) is 0 Å². The summed E-state index contributed by atoms with van der Waals surface area (Å²) in [7, 11) is 2.17. The monoisotopic (exact) mass is 222 g/mol. The maximum absolute atomic E-state index is 5.93. The standard InChI is InChI=1S/C12H18N2S/c1-9-3-4-10(7-12(9)13)14(2)11-5-6-15-8-11/h3-4,7,11H,5-6,8,13H2,1-2H3. The summed E-state index contributed by atoms with van der Waals surface area (Å²) in [4.78, 5) is 2.36. The first-order valence-electron chi connectivity index (χ1n) is 5.35. The van der Waals surface area contributed by atoms with Crippen LogP contribution in [0.15, 0.2) is 18.2 Å². The summed E-state index contributed by atoms with van der Waals surface area (Å²) in [6, 6.07) is 7.02. The highest BCUT2D eigenvalue weighted by molar-refractivity contribution is 7.99. The Bertz CT molecular complexity index is 345. The van der Waals surface area contributed by atoms with E-state index in [1.807, 2.05) is 18.7 Å². The van der Waals surface area contributed by atoms with Crippen LogP contribution < -0.4 is 10.6 Å². The number of benzene rings is 1. The molecule has 1 aliphatic heterocycles. The van der Waals surface area contributed by atoms with Crippen LogP contribution in [0.4, 0.5) is 11.4 Å². The van der Waals surface area contributed by atoms with E-state index in [0.29, 0.717) is 6.04 Å². The first-order valence-corrected chi connectivity index (χ1v) is 6.50. The van der Waals surface area contributed by atoms with Crippen LogP contribution in [0.25, 0.3) is 0 Å². The third-order valence-corrected chi connectivity index (χ3v) is 4.27. The van der Waals surface area contributed by atoms with Crippen molar-refractivity contribution >= 4 is 23.1 Å². The van der Waals surface area contributed by atoms with Crippen LogP contribution in [0, 0.1) is 6.92 Å². The molecule has 1 aromatic carbocycles. The van der Waals surface area contributed by atoms with Gasteiger partial charge in [0, 0.05) is 30.2 Å². The number of nitrogens with zero attached hydrogens (tertiary/aromatic N) is 1. The van der Waals surface area contributed by atoms with E-state index >= 15 is 0 Å². The molecular formula is C12H18N2S.